The molecule has 2 aliphatic heterocycles. The highest BCUT2D eigenvalue weighted by Crippen LogP contribution is 2.41. The van der Waals surface area contributed by atoms with E-state index in [2.05, 4.69) is 62.2 Å². The standard InChI is InChI=1S/C24H23ClN4S/c25-19-6-7-22-21(20-5-2-1-4-18(20)17-30-23(22)16-19)8-11-28-12-14-29(15-13-28)24-26-9-3-10-27-24/h1-10,16H,11-15,17H2/b21-8-. The van der Waals surface area contributed by atoms with E-state index in [1.807, 2.05) is 36.3 Å². The number of rotatable bonds is 3. The summed E-state index contributed by atoms with van der Waals surface area (Å²) < 4.78 is 0. The van der Waals surface area contributed by atoms with E-state index in [0.29, 0.717) is 0 Å². The van der Waals surface area contributed by atoms with Crippen LogP contribution in [0, 0.1) is 0 Å². The molecule has 0 amide bonds. The number of anilines is 1. The molecule has 2 aromatic carbocycles. The average Bonchev–Trinajstić information content (AvgIpc) is 2.95. The molecule has 0 bridgehead atoms. The van der Waals surface area contributed by atoms with Gasteiger partial charge in [0.05, 0.1) is 0 Å². The van der Waals surface area contributed by atoms with Crippen molar-refractivity contribution in [3.05, 3.63) is 88.7 Å². The van der Waals surface area contributed by atoms with E-state index >= 15 is 0 Å². The van der Waals surface area contributed by atoms with Gasteiger partial charge in [0.2, 0.25) is 5.95 Å². The smallest absolute Gasteiger partial charge is 0.225 e. The average molecular weight is 435 g/mol. The first-order valence-corrected chi connectivity index (χ1v) is 11.6. The second kappa shape index (κ2) is 8.80. The summed E-state index contributed by atoms with van der Waals surface area (Å²) in [5.74, 6) is 1.80. The van der Waals surface area contributed by atoms with Crippen molar-refractivity contribution in [2.24, 2.45) is 0 Å². The van der Waals surface area contributed by atoms with Crippen molar-refractivity contribution in [3.63, 3.8) is 0 Å². The fraction of sp³-hybridized carbons (Fsp3) is 0.250. The van der Waals surface area contributed by atoms with Crippen LogP contribution in [0.15, 0.2) is 71.9 Å². The number of hydrogen-bond donors (Lipinski definition) is 0. The van der Waals surface area contributed by atoms with Crippen LogP contribution in [0.4, 0.5) is 5.95 Å². The Labute approximate surface area is 186 Å². The molecule has 0 radical (unpaired) electrons. The van der Waals surface area contributed by atoms with Crippen LogP contribution in [-0.4, -0.2) is 47.6 Å². The molecular weight excluding hydrogens is 412 g/mol. The number of fused-ring (bicyclic) bond motifs is 2. The zero-order valence-corrected chi connectivity index (χ0v) is 18.2. The number of piperazine rings is 1. The zero-order chi connectivity index (χ0) is 20.3. The van der Waals surface area contributed by atoms with Crippen LogP contribution in [0.3, 0.4) is 0 Å². The fourth-order valence-electron chi connectivity index (χ4n) is 4.07. The number of aromatic nitrogens is 2. The van der Waals surface area contributed by atoms with Gasteiger partial charge in [0.1, 0.15) is 0 Å². The van der Waals surface area contributed by atoms with Gasteiger partial charge in [-0.3, -0.25) is 4.90 Å². The lowest BCUT2D eigenvalue weighted by atomic mass is 9.94. The van der Waals surface area contributed by atoms with Crippen molar-refractivity contribution < 1.29 is 0 Å². The first kappa shape index (κ1) is 19.6. The second-order valence-electron chi connectivity index (χ2n) is 7.54. The van der Waals surface area contributed by atoms with E-state index < -0.39 is 0 Å². The van der Waals surface area contributed by atoms with Gasteiger partial charge in [0.25, 0.3) is 0 Å². The normalized spacial score (nSPS) is 18.0. The lowest BCUT2D eigenvalue weighted by molar-refractivity contribution is 0.283. The summed E-state index contributed by atoms with van der Waals surface area (Å²) in [5, 5.41) is 0.797. The Kier molecular flexibility index (Phi) is 5.75. The number of thioether (sulfide) groups is 1. The minimum Gasteiger partial charge on any atom is -0.338 e. The Morgan fingerprint density at radius 1 is 0.933 bits per heavy atom. The van der Waals surface area contributed by atoms with Gasteiger partial charge < -0.3 is 4.90 Å². The van der Waals surface area contributed by atoms with Crippen LogP contribution in [0.2, 0.25) is 5.02 Å². The third-order valence-corrected chi connectivity index (χ3v) is 7.02. The number of hydrogen-bond acceptors (Lipinski definition) is 5. The zero-order valence-electron chi connectivity index (χ0n) is 16.7. The van der Waals surface area contributed by atoms with Crippen LogP contribution in [0.25, 0.3) is 5.57 Å². The van der Waals surface area contributed by atoms with Gasteiger partial charge >= 0.3 is 0 Å². The first-order chi connectivity index (χ1) is 14.8. The topological polar surface area (TPSA) is 32.3 Å². The molecule has 152 valence electrons. The van der Waals surface area contributed by atoms with Crippen LogP contribution in [0.5, 0.6) is 0 Å². The van der Waals surface area contributed by atoms with Gasteiger partial charge in [0.15, 0.2) is 0 Å². The van der Waals surface area contributed by atoms with E-state index in [0.717, 1.165) is 49.4 Å². The molecule has 1 fully saturated rings. The van der Waals surface area contributed by atoms with Crippen molar-refractivity contribution in [1.82, 2.24) is 14.9 Å². The predicted molar refractivity (Wildman–Crippen MR) is 125 cm³/mol. The van der Waals surface area contributed by atoms with Gasteiger partial charge in [0, 0.05) is 60.8 Å². The molecule has 0 spiro atoms. The Balaban J connectivity index is 1.37. The molecule has 0 N–H and O–H groups in total. The molecule has 0 atom stereocenters. The van der Waals surface area contributed by atoms with Gasteiger partial charge in [-0.25, -0.2) is 9.97 Å². The molecule has 30 heavy (non-hydrogen) atoms. The number of nitrogens with zero attached hydrogens (tertiary/aromatic N) is 4. The Morgan fingerprint density at radius 3 is 2.57 bits per heavy atom. The lowest BCUT2D eigenvalue weighted by Gasteiger charge is -2.34. The summed E-state index contributed by atoms with van der Waals surface area (Å²) in [4.78, 5) is 14.8. The van der Waals surface area contributed by atoms with E-state index in [-0.39, 0.29) is 0 Å². The minimum absolute atomic E-state index is 0.797. The fourth-order valence-corrected chi connectivity index (χ4v) is 5.42. The maximum atomic E-state index is 6.30. The van der Waals surface area contributed by atoms with Gasteiger partial charge in [-0.15, -0.1) is 11.8 Å². The Bertz CT molecular complexity index is 1060. The van der Waals surface area contributed by atoms with E-state index in [1.165, 1.54) is 27.2 Å². The Hall–Kier alpha value is -2.34. The minimum atomic E-state index is 0.797. The summed E-state index contributed by atoms with van der Waals surface area (Å²) >= 11 is 8.17. The molecule has 5 rings (SSSR count). The monoisotopic (exact) mass is 434 g/mol. The third kappa shape index (κ3) is 4.10. The van der Waals surface area contributed by atoms with Crippen molar-refractivity contribution >= 4 is 34.9 Å². The summed E-state index contributed by atoms with van der Waals surface area (Å²) in [6, 6.07) is 16.9. The van der Waals surface area contributed by atoms with Crippen molar-refractivity contribution in [2.75, 3.05) is 37.6 Å². The molecular formula is C24H23ClN4S. The largest absolute Gasteiger partial charge is 0.338 e. The molecule has 2 aliphatic rings. The Morgan fingerprint density at radius 2 is 1.73 bits per heavy atom. The van der Waals surface area contributed by atoms with Crippen LogP contribution >= 0.6 is 23.4 Å². The SMILES string of the molecule is Clc1ccc2c(c1)SCc1ccccc1/C2=C/CN1CCN(c2ncccn2)CC1. The van der Waals surface area contributed by atoms with Crippen LogP contribution in [-0.2, 0) is 5.75 Å². The molecule has 0 unspecified atom stereocenters. The lowest BCUT2D eigenvalue weighted by Crippen LogP contribution is -2.47. The van der Waals surface area contributed by atoms with Crippen molar-refractivity contribution in [2.45, 2.75) is 10.6 Å². The van der Waals surface area contributed by atoms with Crippen LogP contribution in [0.1, 0.15) is 16.7 Å². The number of halogens is 1. The molecule has 0 saturated carbocycles. The highest BCUT2D eigenvalue weighted by Gasteiger charge is 2.21. The third-order valence-electron chi connectivity index (χ3n) is 5.69. The highest BCUT2D eigenvalue weighted by atomic mass is 35.5. The van der Waals surface area contributed by atoms with Gasteiger partial charge in [-0.05, 0) is 40.5 Å². The van der Waals surface area contributed by atoms with Crippen molar-refractivity contribution in [1.29, 1.82) is 0 Å². The molecule has 3 aromatic rings. The van der Waals surface area contributed by atoms with E-state index in [4.69, 9.17) is 11.6 Å². The summed E-state index contributed by atoms with van der Waals surface area (Å²) in [6.07, 6.45) is 6.01. The highest BCUT2D eigenvalue weighted by molar-refractivity contribution is 7.98. The summed E-state index contributed by atoms with van der Waals surface area (Å²) in [5.41, 5.74) is 5.32. The molecule has 4 nitrogen and oxygen atoms in total. The second-order valence-corrected chi connectivity index (χ2v) is 8.99. The van der Waals surface area contributed by atoms with Gasteiger partial charge in [-0.1, -0.05) is 48.0 Å². The maximum absolute atomic E-state index is 6.30. The van der Waals surface area contributed by atoms with Gasteiger partial charge in [-0.2, -0.15) is 0 Å². The van der Waals surface area contributed by atoms with E-state index in [9.17, 15) is 0 Å². The molecule has 1 aromatic heterocycles. The molecule has 0 aliphatic carbocycles. The van der Waals surface area contributed by atoms with Crippen LogP contribution < -0.4 is 4.90 Å². The van der Waals surface area contributed by atoms with Crippen molar-refractivity contribution in [3.8, 4) is 0 Å². The summed E-state index contributed by atoms with van der Waals surface area (Å²) in [7, 11) is 0. The number of benzene rings is 2. The molecule has 6 heteroatoms. The quantitative estimate of drug-likeness (QED) is 0.579. The first-order valence-electron chi connectivity index (χ1n) is 10.2. The molecule has 3 heterocycles. The predicted octanol–water partition coefficient (Wildman–Crippen LogP) is 4.99. The van der Waals surface area contributed by atoms with E-state index in [1.54, 1.807) is 0 Å². The maximum Gasteiger partial charge on any atom is 0.225 e. The molecule has 1 saturated heterocycles. The summed E-state index contributed by atoms with van der Waals surface area (Å²) in [6.45, 7) is 4.84.